The molecule has 1 aromatic rings. The van der Waals surface area contributed by atoms with E-state index < -0.39 is 18.6 Å². The average molecular weight is 276 g/mol. The van der Waals surface area contributed by atoms with Gasteiger partial charge in [0.1, 0.15) is 5.75 Å². The summed E-state index contributed by atoms with van der Waals surface area (Å²) < 4.78 is 5.01. The maximum atomic E-state index is 11.7. The molecule has 0 saturated heterocycles. The number of carbonyl (C=O) groups is 2. The van der Waals surface area contributed by atoms with E-state index in [2.05, 4.69) is 16.6 Å². The normalized spacial score (nSPS) is 11.0. The summed E-state index contributed by atoms with van der Waals surface area (Å²) in [7, 11) is 0. The molecule has 0 spiro atoms. The van der Waals surface area contributed by atoms with Crippen LogP contribution >= 0.6 is 0 Å². The number of hydrogen-bond acceptors (Lipinski definition) is 3. The van der Waals surface area contributed by atoms with Gasteiger partial charge in [-0.3, -0.25) is 0 Å². The number of anilines is 1. The van der Waals surface area contributed by atoms with Gasteiger partial charge in [0.25, 0.3) is 0 Å². The molecule has 0 heterocycles. The summed E-state index contributed by atoms with van der Waals surface area (Å²) in [4.78, 5) is 22.1. The van der Waals surface area contributed by atoms with Crippen molar-refractivity contribution >= 4 is 17.7 Å². The quantitative estimate of drug-likeness (QED) is 0.690. The van der Waals surface area contributed by atoms with E-state index in [9.17, 15) is 9.59 Å². The van der Waals surface area contributed by atoms with Crippen LogP contribution in [-0.2, 0) is 4.79 Å². The Morgan fingerprint density at radius 3 is 2.85 bits per heavy atom. The van der Waals surface area contributed by atoms with Gasteiger partial charge in [-0.2, -0.15) is 0 Å². The number of urea groups is 1. The molecular formula is C14H16N2O4. The smallest absolute Gasteiger partial charge is 0.341 e. The number of carbonyl (C=O) groups excluding carboxylic acids is 1. The molecule has 0 radical (unpaired) electrons. The fourth-order valence-electron chi connectivity index (χ4n) is 1.40. The number of carboxylic acid groups (broad SMARTS) is 1. The van der Waals surface area contributed by atoms with Crippen LogP contribution in [0, 0.1) is 12.3 Å². The molecule has 0 aliphatic heterocycles. The number of nitrogens with one attached hydrogen (secondary N) is 2. The standard InChI is InChI=1S/C14H16N2O4/c1-3-10(4-2)15-14(19)16-11-6-5-7-12(8-11)20-9-13(17)18/h1,5-8,10H,4,9H2,2H3,(H,17,18)(H2,15,16,19). The Hall–Kier alpha value is -2.68. The first kappa shape index (κ1) is 15.4. The van der Waals surface area contributed by atoms with Gasteiger partial charge >= 0.3 is 12.0 Å². The summed E-state index contributed by atoms with van der Waals surface area (Å²) in [5.41, 5.74) is 0.484. The molecule has 1 unspecified atom stereocenters. The molecule has 0 aliphatic rings. The van der Waals surface area contributed by atoms with Gasteiger partial charge in [-0.15, -0.1) is 6.42 Å². The minimum atomic E-state index is -1.07. The molecule has 2 amide bonds. The van der Waals surface area contributed by atoms with E-state index in [1.165, 1.54) is 6.07 Å². The van der Waals surface area contributed by atoms with Gasteiger partial charge < -0.3 is 20.5 Å². The van der Waals surface area contributed by atoms with Crippen LogP contribution in [0.4, 0.5) is 10.5 Å². The van der Waals surface area contributed by atoms with Crippen LogP contribution in [0.1, 0.15) is 13.3 Å². The third-order valence-corrected chi connectivity index (χ3v) is 2.37. The van der Waals surface area contributed by atoms with Crippen molar-refractivity contribution in [2.45, 2.75) is 19.4 Å². The lowest BCUT2D eigenvalue weighted by atomic mass is 10.2. The molecule has 0 aliphatic carbocycles. The van der Waals surface area contributed by atoms with Crippen molar-refractivity contribution in [1.82, 2.24) is 5.32 Å². The summed E-state index contributed by atoms with van der Waals surface area (Å²) >= 11 is 0. The van der Waals surface area contributed by atoms with Crippen molar-refractivity contribution < 1.29 is 19.4 Å². The largest absolute Gasteiger partial charge is 0.482 e. The highest BCUT2D eigenvalue weighted by Gasteiger charge is 2.08. The molecular weight excluding hydrogens is 260 g/mol. The van der Waals surface area contributed by atoms with E-state index in [0.29, 0.717) is 17.9 Å². The van der Waals surface area contributed by atoms with E-state index in [-0.39, 0.29) is 6.04 Å². The predicted octanol–water partition coefficient (Wildman–Crippen LogP) is 1.68. The van der Waals surface area contributed by atoms with Crippen molar-refractivity contribution in [2.24, 2.45) is 0 Å². The summed E-state index contributed by atoms with van der Waals surface area (Å²) in [6.07, 6.45) is 5.88. The second-order valence-corrected chi connectivity index (χ2v) is 3.94. The molecule has 1 atom stereocenters. The topological polar surface area (TPSA) is 87.7 Å². The minimum Gasteiger partial charge on any atom is -0.482 e. The molecule has 6 nitrogen and oxygen atoms in total. The zero-order valence-corrected chi connectivity index (χ0v) is 11.1. The van der Waals surface area contributed by atoms with Gasteiger partial charge in [0, 0.05) is 11.8 Å². The Kier molecular flexibility index (Phi) is 5.91. The maximum absolute atomic E-state index is 11.7. The first-order valence-corrected chi connectivity index (χ1v) is 6.03. The number of amides is 2. The van der Waals surface area contributed by atoms with Crippen LogP contribution in [0.15, 0.2) is 24.3 Å². The molecule has 106 valence electrons. The predicted molar refractivity (Wildman–Crippen MR) is 74.6 cm³/mol. The Labute approximate surface area is 117 Å². The zero-order chi connectivity index (χ0) is 15.0. The Morgan fingerprint density at radius 2 is 2.25 bits per heavy atom. The lowest BCUT2D eigenvalue weighted by Gasteiger charge is -2.12. The van der Waals surface area contributed by atoms with Crippen LogP contribution < -0.4 is 15.4 Å². The average Bonchev–Trinajstić information content (AvgIpc) is 2.43. The van der Waals surface area contributed by atoms with Gasteiger partial charge in [0.05, 0.1) is 6.04 Å². The van der Waals surface area contributed by atoms with Crippen LogP contribution in [0.25, 0.3) is 0 Å². The fraction of sp³-hybridized carbons (Fsp3) is 0.286. The van der Waals surface area contributed by atoms with Crippen LogP contribution in [0.5, 0.6) is 5.75 Å². The number of benzene rings is 1. The highest BCUT2D eigenvalue weighted by atomic mass is 16.5. The SMILES string of the molecule is C#CC(CC)NC(=O)Nc1cccc(OCC(=O)O)c1. The molecule has 0 saturated carbocycles. The Morgan fingerprint density at radius 1 is 1.50 bits per heavy atom. The van der Waals surface area contributed by atoms with Gasteiger partial charge in [-0.05, 0) is 18.6 Å². The van der Waals surface area contributed by atoms with Crippen molar-refractivity contribution in [3.8, 4) is 18.1 Å². The fourth-order valence-corrected chi connectivity index (χ4v) is 1.40. The van der Waals surface area contributed by atoms with E-state index in [4.69, 9.17) is 16.3 Å². The number of carboxylic acids is 1. The number of rotatable bonds is 6. The lowest BCUT2D eigenvalue weighted by Crippen LogP contribution is -2.36. The molecule has 0 aromatic heterocycles. The molecule has 1 aromatic carbocycles. The molecule has 1 rings (SSSR count). The summed E-state index contributed by atoms with van der Waals surface area (Å²) in [5, 5.41) is 13.7. The second kappa shape index (κ2) is 7.69. The summed E-state index contributed by atoms with van der Waals surface area (Å²) in [5.74, 6) is 1.74. The first-order chi connectivity index (χ1) is 9.55. The molecule has 6 heteroatoms. The van der Waals surface area contributed by atoms with Gasteiger partial charge in [0.2, 0.25) is 0 Å². The highest BCUT2D eigenvalue weighted by Crippen LogP contribution is 2.17. The van der Waals surface area contributed by atoms with Crippen molar-refractivity contribution in [2.75, 3.05) is 11.9 Å². The molecule has 0 bridgehead atoms. The minimum absolute atomic E-state index is 0.332. The number of ether oxygens (including phenoxy) is 1. The first-order valence-electron chi connectivity index (χ1n) is 6.03. The number of terminal acetylenes is 1. The molecule has 3 N–H and O–H groups in total. The second-order valence-electron chi connectivity index (χ2n) is 3.94. The van der Waals surface area contributed by atoms with E-state index in [1.807, 2.05) is 6.92 Å². The molecule has 20 heavy (non-hydrogen) atoms. The van der Waals surface area contributed by atoms with Gasteiger partial charge in [-0.25, -0.2) is 9.59 Å². The molecule has 0 fully saturated rings. The Balaban J connectivity index is 2.59. The van der Waals surface area contributed by atoms with Gasteiger partial charge in [0.15, 0.2) is 6.61 Å². The number of hydrogen-bond donors (Lipinski definition) is 3. The summed E-state index contributed by atoms with van der Waals surface area (Å²) in [6, 6.07) is 5.67. The van der Waals surface area contributed by atoms with E-state index in [1.54, 1.807) is 18.2 Å². The lowest BCUT2D eigenvalue weighted by molar-refractivity contribution is -0.139. The van der Waals surface area contributed by atoms with E-state index in [0.717, 1.165) is 0 Å². The van der Waals surface area contributed by atoms with E-state index >= 15 is 0 Å². The van der Waals surface area contributed by atoms with Crippen molar-refractivity contribution in [3.05, 3.63) is 24.3 Å². The number of aliphatic carboxylic acids is 1. The van der Waals surface area contributed by atoms with Crippen LogP contribution in [0.3, 0.4) is 0 Å². The van der Waals surface area contributed by atoms with Crippen molar-refractivity contribution in [1.29, 1.82) is 0 Å². The summed E-state index contributed by atoms with van der Waals surface area (Å²) in [6.45, 7) is 1.43. The van der Waals surface area contributed by atoms with Crippen LogP contribution in [-0.4, -0.2) is 29.8 Å². The van der Waals surface area contributed by atoms with Gasteiger partial charge in [-0.1, -0.05) is 18.9 Å². The third kappa shape index (κ3) is 5.31. The maximum Gasteiger partial charge on any atom is 0.341 e. The zero-order valence-electron chi connectivity index (χ0n) is 11.1. The third-order valence-electron chi connectivity index (χ3n) is 2.37. The van der Waals surface area contributed by atoms with Crippen molar-refractivity contribution in [3.63, 3.8) is 0 Å². The monoisotopic (exact) mass is 276 g/mol. The van der Waals surface area contributed by atoms with Crippen LogP contribution in [0.2, 0.25) is 0 Å². The Bertz CT molecular complexity index is 522. The highest BCUT2D eigenvalue weighted by molar-refractivity contribution is 5.89.